The Labute approximate surface area is 191 Å². The van der Waals surface area contributed by atoms with E-state index in [2.05, 4.69) is 11.3 Å². The Morgan fingerprint density at radius 2 is 1.61 bits per heavy atom. The summed E-state index contributed by atoms with van der Waals surface area (Å²) < 4.78 is 72.8. The highest BCUT2D eigenvalue weighted by Gasteiger charge is 2.36. The highest BCUT2D eigenvalue weighted by atomic mass is 19.3. The standard InChI is InChI=1S/C27H29F5O/c1-2-3-4-16-5-6-18-12-19(8-7-17(18)11-16)21-14-23(29)26(24(30)15-21)20-9-10-25(22(28)13-20)33-27(31)32/h2,9-10,13-19,27H,1,3-8,11-12H2. The second kappa shape index (κ2) is 10.3. The van der Waals surface area contributed by atoms with Gasteiger partial charge in [0.25, 0.3) is 0 Å². The number of halogens is 5. The summed E-state index contributed by atoms with van der Waals surface area (Å²) >= 11 is 0. The third-order valence-corrected chi connectivity index (χ3v) is 7.47. The number of ether oxygens (including phenoxy) is 1. The lowest BCUT2D eigenvalue weighted by Gasteiger charge is -2.42. The Bertz CT molecular complexity index is 965. The van der Waals surface area contributed by atoms with E-state index >= 15 is 0 Å². The zero-order chi connectivity index (χ0) is 23.5. The van der Waals surface area contributed by atoms with Gasteiger partial charge in [0.15, 0.2) is 11.6 Å². The second-order valence-corrected chi connectivity index (χ2v) is 9.46. The molecule has 0 saturated heterocycles. The zero-order valence-electron chi connectivity index (χ0n) is 18.5. The van der Waals surface area contributed by atoms with Crippen molar-refractivity contribution in [2.24, 2.45) is 17.8 Å². The van der Waals surface area contributed by atoms with Crippen LogP contribution in [0.4, 0.5) is 22.0 Å². The Balaban J connectivity index is 1.48. The first-order valence-electron chi connectivity index (χ1n) is 11.7. The van der Waals surface area contributed by atoms with Crippen molar-refractivity contribution in [2.75, 3.05) is 0 Å². The maximum atomic E-state index is 15.0. The fraction of sp³-hybridized carbons (Fsp3) is 0.481. The van der Waals surface area contributed by atoms with Gasteiger partial charge in [0.05, 0.1) is 5.56 Å². The third-order valence-electron chi connectivity index (χ3n) is 7.47. The highest BCUT2D eigenvalue weighted by molar-refractivity contribution is 5.66. The maximum Gasteiger partial charge on any atom is 0.387 e. The van der Waals surface area contributed by atoms with Crippen LogP contribution in [0.2, 0.25) is 0 Å². The van der Waals surface area contributed by atoms with E-state index in [9.17, 15) is 22.0 Å². The molecular formula is C27H29F5O. The molecule has 0 amide bonds. The molecule has 4 rings (SSSR count). The van der Waals surface area contributed by atoms with E-state index in [0.717, 1.165) is 43.7 Å². The topological polar surface area (TPSA) is 9.23 Å². The van der Waals surface area contributed by atoms with Gasteiger partial charge in [-0.05, 0) is 104 Å². The summed E-state index contributed by atoms with van der Waals surface area (Å²) in [6.07, 6.45) is 10.8. The van der Waals surface area contributed by atoms with Gasteiger partial charge in [0.1, 0.15) is 11.6 Å². The minimum absolute atomic E-state index is 0.0581. The molecule has 6 heteroatoms. The largest absolute Gasteiger partial charge is 0.432 e. The SMILES string of the molecule is C=CCCC1CCC2CC(c3cc(F)c(-c4ccc(OC(F)F)c(F)c4)c(F)c3)CCC2C1. The van der Waals surface area contributed by atoms with Crippen LogP contribution in [0.5, 0.6) is 5.75 Å². The fourth-order valence-electron chi connectivity index (χ4n) is 5.86. The first kappa shape index (κ1) is 23.8. The zero-order valence-corrected chi connectivity index (χ0v) is 18.5. The molecular weight excluding hydrogens is 435 g/mol. The first-order chi connectivity index (χ1) is 15.9. The van der Waals surface area contributed by atoms with E-state index in [1.54, 1.807) is 0 Å². The predicted molar refractivity (Wildman–Crippen MR) is 119 cm³/mol. The number of rotatable bonds is 7. The van der Waals surface area contributed by atoms with Crippen molar-refractivity contribution in [1.29, 1.82) is 0 Å². The van der Waals surface area contributed by atoms with Crippen molar-refractivity contribution >= 4 is 0 Å². The normalized spacial score (nSPS) is 25.0. The van der Waals surface area contributed by atoms with Crippen molar-refractivity contribution < 1.29 is 26.7 Å². The molecule has 2 aliphatic carbocycles. The molecule has 0 spiro atoms. The molecule has 0 aromatic heterocycles. The lowest BCUT2D eigenvalue weighted by atomic mass is 9.63. The summed E-state index contributed by atoms with van der Waals surface area (Å²) in [5.74, 6) is -1.17. The van der Waals surface area contributed by atoms with Crippen LogP contribution >= 0.6 is 0 Å². The minimum Gasteiger partial charge on any atom is -0.432 e. The van der Waals surface area contributed by atoms with Crippen molar-refractivity contribution in [3.05, 3.63) is 66.0 Å². The van der Waals surface area contributed by atoms with Gasteiger partial charge in [-0.3, -0.25) is 0 Å². The van der Waals surface area contributed by atoms with Crippen molar-refractivity contribution in [2.45, 2.75) is 63.9 Å². The van der Waals surface area contributed by atoms with Crippen LogP contribution < -0.4 is 4.74 Å². The number of fused-ring (bicyclic) bond motifs is 1. The van der Waals surface area contributed by atoms with E-state index in [4.69, 9.17) is 0 Å². The summed E-state index contributed by atoms with van der Waals surface area (Å²) in [5.41, 5.74) is 0.217. The summed E-state index contributed by atoms with van der Waals surface area (Å²) in [4.78, 5) is 0. The summed E-state index contributed by atoms with van der Waals surface area (Å²) in [6.45, 7) is 0.630. The molecule has 4 unspecified atom stereocenters. The van der Waals surface area contributed by atoms with Crippen LogP contribution in [-0.2, 0) is 0 Å². The molecule has 2 aromatic rings. The number of allylic oxidation sites excluding steroid dienone is 1. The molecule has 1 nitrogen and oxygen atoms in total. The van der Waals surface area contributed by atoms with Crippen molar-refractivity contribution in [3.63, 3.8) is 0 Å². The Morgan fingerprint density at radius 3 is 2.27 bits per heavy atom. The Morgan fingerprint density at radius 1 is 0.909 bits per heavy atom. The molecule has 2 saturated carbocycles. The Hall–Kier alpha value is -2.37. The molecule has 0 aliphatic heterocycles. The van der Waals surface area contributed by atoms with E-state index < -0.39 is 29.8 Å². The van der Waals surface area contributed by atoms with Crippen LogP contribution in [0.3, 0.4) is 0 Å². The number of hydrogen-bond donors (Lipinski definition) is 0. The average molecular weight is 465 g/mol. The quantitative estimate of drug-likeness (QED) is 0.294. The first-order valence-corrected chi connectivity index (χ1v) is 11.7. The van der Waals surface area contributed by atoms with Crippen LogP contribution in [0.15, 0.2) is 43.0 Å². The second-order valence-electron chi connectivity index (χ2n) is 9.46. The van der Waals surface area contributed by atoms with E-state index in [1.165, 1.54) is 43.9 Å². The van der Waals surface area contributed by atoms with Gasteiger partial charge < -0.3 is 4.74 Å². The predicted octanol–water partition coefficient (Wildman–Crippen LogP) is 8.64. The lowest BCUT2D eigenvalue weighted by Crippen LogP contribution is -2.30. The summed E-state index contributed by atoms with van der Waals surface area (Å²) in [6, 6.07) is 5.64. The van der Waals surface area contributed by atoms with E-state index in [-0.39, 0.29) is 17.0 Å². The van der Waals surface area contributed by atoms with Crippen molar-refractivity contribution in [3.8, 4) is 16.9 Å². The summed E-state index contributed by atoms with van der Waals surface area (Å²) in [5, 5.41) is 0. The highest BCUT2D eigenvalue weighted by Crippen LogP contribution is 2.48. The number of benzene rings is 2. The molecule has 0 heterocycles. The summed E-state index contributed by atoms with van der Waals surface area (Å²) in [7, 11) is 0. The van der Waals surface area contributed by atoms with E-state index in [1.807, 2.05) is 6.08 Å². The van der Waals surface area contributed by atoms with Gasteiger partial charge in [-0.1, -0.05) is 18.6 Å². The molecule has 2 aliphatic rings. The van der Waals surface area contributed by atoms with Crippen LogP contribution in [-0.4, -0.2) is 6.61 Å². The fourth-order valence-corrected chi connectivity index (χ4v) is 5.86. The van der Waals surface area contributed by atoms with Gasteiger partial charge in [-0.25, -0.2) is 13.2 Å². The van der Waals surface area contributed by atoms with Gasteiger partial charge in [0.2, 0.25) is 0 Å². The Kier molecular flexibility index (Phi) is 7.40. The minimum atomic E-state index is -3.18. The third kappa shape index (κ3) is 5.42. The molecule has 4 atom stereocenters. The molecule has 0 N–H and O–H groups in total. The lowest BCUT2D eigenvalue weighted by molar-refractivity contribution is -0.0521. The van der Waals surface area contributed by atoms with Crippen LogP contribution in [0.25, 0.3) is 11.1 Å². The van der Waals surface area contributed by atoms with Gasteiger partial charge >= 0.3 is 6.61 Å². The monoisotopic (exact) mass is 464 g/mol. The molecule has 0 bridgehead atoms. The number of hydrogen-bond acceptors (Lipinski definition) is 1. The molecule has 2 fully saturated rings. The molecule has 2 aromatic carbocycles. The molecule has 33 heavy (non-hydrogen) atoms. The molecule has 178 valence electrons. The van der Waals surface area contributed by atoms with Gasteiger partial charge in [-0.2, -0.15) is 8.78 Å². The molecule has 0 radical (unpaired) electrons. The van der Waals surface area contributed by atoms with E-state index in [0.29, 0.717) is 17.4 Å². The van der Waals surface area contributed by atoms with Crippen molar-refractivity contribution in [1.82, 2.24) is 0 Å². The van der Waals surface area contributed by atoms with Gasteiger partial charge in [0, 0.05) is 0 Å². The smallest absolute Gasteiger partial charge is 0.387 e. The van der Waals surface area contributed by atoms with Gasteiger partial charge in [-0.15, -0.1) is 6.58 Å². The van der Waals surface area contributed by atoms with Crippen LogP contribution in [0.1, 0.15) is 62.8 Å². The maximum absolute atomic E-state index is 15.0. The average Bonchev–Trinajstić information content (AvgIpc) is 2.78. The number of alkyl halides is 2. The van der Waals surface area contributed by atoms with Crippen LogP contribution in [0, 0.1) is 35.2 Å².